The number of nitrogens with one attached hydrogen (secondary N) is 1. The van der Waals surface area contributed by atoms with Crippen LogP contribution in [0.4, 0.5) is 13.2 Å². The predicted octanol–water partition coefficient (Wildman–Crippen LogP) is 3.19. The molecule has 2 rings (SSSR count). The molecule has 0 saturated carbocycles. The van der Waals surface area contributed by atoms with E-state index >= 15 is 0 Å². The number of hydrogen-bond donors (Lipinski definition) is 2. The molecule has 0 aliphatic carbocycles. The van der Waals surface area contributed by atoms with Gasteiger partial charge in [-0.1, -0.05) is 0 Å². The minimum absolute atomic E-state index is 0. The highest BCUT2D eigenvalue weighted by Crippen LogP contribution is 2.36. The van der Waals surface area contributed by atoms with E-state index in [1.54, 1.807) is 4.90 Å². The second-order valence-electron chi connectivity index (χ2n) is 4.38. The van der Waals surface area contributed by atoms with Gasteiger partial charge in [0.2, 0.25) is 5.82 Å². The molecule has 1 fully saturated rings. The fraction of sp³-hybridized carbons (Fsp3) is 0.500. The Balaban J connectivity index is 0.00000200. The van der Waals surface area contributed by atoms with E-state index in [4.69, 9.17) is 0 Å². The van der Waals surface area contributed by atoms with E-state index in [1.165, 1.54) is 6.07 Å². The first-order valence-corrected chi connectivity index (χ1v) is 6.72. The van der Waals surface area contributed by atoms with Gasteiger partial charge in [-0.15, -0.1) is 24.8 Å². The topological polar surface area (TPSA) is 35.5 Å². The predicted molar refractivity (Wildman–Crippen MR) is 83.4 cm³/mol. The van der Waals surface area contributed by atoms with Crippen LogP contribution in [-0.2, 0) is 0 Å². The van der Waals surface area contributed by atoms with Crippen molar-refractivity contribution >= 4 is 40.7 Å². The lowest BCUT2D eigenvalue weighted by Gasteiger charge is -2.34. The minimum Gasteiger partial charge on any atom is -0.505 e. The van der Waals surface area contributed by atoms with E-state index in [9.17, 15) is 18.3 Å². The summed E-state index contributed by atoms with van der Waals surface area (Å²) >= 11 is 2.87. The molecule has 0 amide bonds. The zero-order valence-electron chi connectivity index (χ0n) is 10.9. The number of phenols is 1. The molecule has 0 spiro atoms. The van der Waals surface area contributed by atoms with E-state index < -0.39 is 30.1 Å². The molecule has 1 heterocycles. The molecule has 1 aromatic rings. The van der Waals surface area contributed by atoms with Crippen molar-refractivity contribution in [2.75, 3.05) is 32.9 Å². The average molecular weight is 412 g/mol. The summed E-state index contributed by atoms with van der Waals surface area (Å²) in [6.45, 7) is 1.80. The Kier molecular flexibility index (Phi) is 8.96. The van der Waals surface area contributed by atoms with Gasteiger partial charge >= 0.3 is 0 Å². The lowest BCUT2D eigenvalue weighted by atomic mass is 10.0. The van der Waals surface area contributed by atoms with Crippen LogP contribution >= 0.6 is 40.7 Å². The van der Waals surface area contributed by atoms with Crippen LogP contribution in [0.2, 0.25) is 0 Å². The summed E-state index contributed by atoms with van der Waals surface area (Å²) in [6, 6.07) is 0.466. The van der Waals surface area contributed by atoms with Crippen LogP contribution in [0.15, 0.2) is 10.5 Å². The van der Waals surface area contributed by atoms with Gasteiger partial charge in [-0.05, 0) is 22.0 Å². The van der Waals surface area contributed by atoms with Gasteiger partial charge in [-0.25, -0.2) is 8.78 Å². The number of piperazine rings is 1. The Labute approximate surface area is 141 Å². The third-order valence-corrected chi connectivity index (χ3v) is 3.84. The molecule has 9 heteroatoms. The van der Waals surface area contributed by atoms with Crippen molar-refractivity contribution in [1.82, 2.24) is 10.2 Å². The molecule has 21 heavy (non-hydrogen) atoms. The van der Waals surface area contributed by atoms with Gasteiger partial charge in [-0.2, -0.15) is 4.39 Å². The Bertz CT molecular complexity index is 476. The Morgan fingerprint density at radius 1 is 1.24 bits per heavy atom. The van der Waals surface area contributed by atoms with Crippen LogP contribution in [0.1, 0.15) is 11.6 Å². The van der Waals surface area contributed by atoms with Gasteiger partial charge in [0, 0.05) is 31.7 Å². The Morgan fingerprint density at radius 3 is 2.33 bits per heavy atom. The molecule has 1 aromatic carbocycles. The summed E-state index contributed by atoms with van der Waals surface area (Å²) < 4.78 is 39.9. The number of aromatic hydroxyl groups is 1. The molecule has 1 saturated heterocycles. The molecule has 0 radical (unpaired) electrons. The standard InChI is InChI=1S/C12H14BrF3N2O.2ClH/c13-8-5-7(12(19)11(16)10(8)15)9(6-14)18-3-1-17-2-4-18;;/h5,9,17,19H,1-4,6H2;2*1H/t9-;;/m0../s1. The molecular weight excluding hydrogens is 396 g/mol. The molecule has 1 atom stereocenters. The molecule has 0 bridgehead atoms. The van der Waals surface area contributed by atoms with Crippen molar-refractivity contribution in [3.8, 4) is 5.75 Å². The largest absolute Gasteiger partial charge is 0.505 e. The third-order valence-electron chi connectivity index (χ3n) is 3.26. The minimum atomic E-state index is -1.35. The van der Waals surface area contributed by atoms with Gasteiger partial charge in [0.1, 0.15) is 6.67 Å². The maximum atomic E-state index is 13.5. The zero-order valence-corrected chi connectivity index (χ0v) is 14.1. The van der Waals surface area contributed by atoms with E-state index in [2.05, 4.69) is 21.2 Å². The molecule has 3 nitrogen and oxygen atoms in total. The van der Waals surface area contributed by atoms with Crippen molar-refractivity contribution in [2.24, 2.45) is 0 Å². The smallest absolute Gasteiger partial charge is 0.201 e. The summed E-state index contributed by atoms with van der Waals surface area (Å²) in [5.74, 6) is -3.33. The van der Waals surface area contributed by atoms with Crippen molar-refractivity contribution in [3.63, 3.8) is 0 Å². The monoisotopic (exact) mass is 410 g/mol. The first kappa shape index (κ1) is 20.8. The Hall–Kier alpha value is -0.210. The SMILES string of the molecule is Cl.Cl.Oc1c([C@H](CF)N2CCNCC2)cc(Br)c(F)c1F. The number of rotatable bonds is 3. The quantitative estimate of drug-likeness (QED) is 0.749. The molecular formula is C12H16BrCl2F3N2O. The zero-order chi connectivity index (χ0) is 14.0. The van der Waals surface area contributed by atoms with Crippen LogP contribution in [0, 0.1) is 11.6 Å². The number of alkyl halides is 1. The summed E-state index contributed by atoms with van der Waals surface area (Å²) in [6.07, 6.45) is 0. The first-order valence-electron chi connectivity index (χ1n) is 5.93. The van der Waals surface area contributed by atoms with Crippen LogP contribution in [0.3, 0.4) is 0 Å². The second kappa shape index (κ2) is 9.05. The van der Waals surface area contributed by atoms with E-state index in [0.717, 1.165) is 0 Å². The highest BCUT2D eigenvalue weighted by atomic mass is 79.9. The van der Waals surface area contributed by atoms with Crippen molar-refractivity contribution in [2.45, 2.75) is 6.04 Å². The molecule has 0 aromatic heterocycles. The molecule has 2 N–H and O–H groups in total. The first-order chi connectivity index (χ1) is 9.06. The van der Waals surface area contributed by atoms with Crippen molar-refractivity contribution in [1.29, 1.82) is 0 Å². The number of hydrogen-bond acceptors (Lipinski definition) is 3. The molecule has 1 aliphatic heterocycles. The summed E-state index contributed by atoms with van der Waals surface area (Å²) in [5, 5.41) is 12.8. The Morgan fingerprint density at radius 2 is 1.81 bits per heavy atom. The number of phenolic OH excluding ortho intramolecular Hbond substituents is 1. The van der Waals surface area contributed by atoms with Crippen LogP contribution in [0.5, 0.6) is 5.75 Å². The van der Waals surface area contributed by atoms with E-state index in [1.807, 2.05) is 0 Å². The summed E-state index contributed by atoms with van der Waals surface area (Å²) in [5.41, 5.74) is 0.0650. The van der Waals surface area contributed by atoms with Crippen LogP contribution < -0.4 is 5.32 Å². The number of benzene rings is 1. The van der Waals surface area contributed by atoms with E-state index in [-0.39, 0.29) is 34.9 Å². The molecule has 122 valence electrons. The van der Waals surface area contributed by atoms with Crippen LogP contribution in [-0.4, -0.2) is 42.9 Å². The molecule has 0 unspecified atom stereocenters. The maximum absolute atomic E-state index is 13.5. The lowest BCUT2D eigenvalue weighted by molar-refractivity contribution is 0.144. The van der Waals surface area contributed by atoms with Gasteiger partial charge in [0.05, 0.1) is 10.5 Å². The highest BCUT2D eigenvalue weighted by molar-refractivity contribution is 9.10. The maximum Gasteiger partial charge on any atom is 0.201 e. The fourth-order valence-electron chi connectivity index (χ4n) is 2.23. The van der Waals surface area contributed by atoms with Gasteiger partial charge < -0.3 is 10.4 Å². The molecule has 1 aliphatic rings. The lowest BCUT2D eigenvalue weighted by Crippen LogP contribution is -2.45. The summed E-state index contributed by atoms with van der Waals surface area (Å²) in [4.78, 5) is 1.80. The fourth-order valence-corrected chi connectivity index (χ4v) is 2.65. The van der Waals surface area contributed by atoms with Gasteiger partial charge in [0.25, 0.3) is 0 Å². The van der Waals surface area contributed by atoms with E-state index in [0.29, 0.717) is 26.2 Å². The highest BCUT2D eigenvalue weighted by Gasteiger charge is 2.28. The van der Waals surface area contributed by atoms with Gasteiger partial charge in [-0.3, -0.25) is 4.90 Å². The third kappa shape index (κ3) is 4.39. The number of nitrogens with zero attached hydrogens (tertiary/aromatic N) is 1. The number of halogens is 6. The normalized spacial score (nSPS) is 16.8. The van der Waals surface area contributed by atoms with Crippen LogP contribution in [0.25, 0.3) is 0 Å². The van der Waals surface area contributed by atoms with Crippen molar-refractivity contribution < 1.29 is 18.3 Å². The van der Waals surface area contributed by atoms with Gasteiger partial charge in [0.15, 0.2) is 11.6 Å². The van der Waals surface area contributed by atoms with Crippen molar-refractivity contribution in [3.05, 3.63) is 27.7 Å². The summed E-state index contributed by atoms with van der Waals surface area (Å²) in [7, 11) is 0. The second-order valence-corrected chi connectivity index (χ2v) is 5.23. The average Bonchev–Trinajstić information content (AvgIpc) is 2.44.